The summed E-state index contributed by atoms with van der Waals surface area (Å²) in [7, 11) is 0. The molecule has 2 rings (SSSR count). The molecule has 2 aromatic rings. The van der Waals surface area contributed by atoms with Crippen molar-refractivity contribution in [3.8, 4) is 0 Å². The Morgan fingerprint density at radius 1 is 1.11 bits per heavy atom. The van der Waals surface area contributed by atoms with Gasteiger partial charge in [0.25, 0.3) is 0 Å². The Kier molecular flexibility index (Phi) is 3.82. The van der Waals surface area contributed by atoms with Crippen molar-refractivity contribution in [2.24, 2.45) is 0 Å². The van der Waals surface area contributed by atoms with Crippen LogP contribution in [-0.2, 0) is 0 Å². The molecule has 0 saturated heterocycles. The Bertz CT molecular complexity index is 557. The zero-order valence-electron chi connectivity index (χ0n) is 9.75. The molecule has 0 fully saturated rings. The molecule has 0 aliphatic rings. The van der Waals surface area contributed by atoms with Crippen LogP contribution in [-0.4, -0.2) is 0 Å². The third kappa shape index (κ3) is 2.79. The maximum Gasteiger partial charge on any atom is 0.128 e. The number of hydrogen-bond donors (Lipinski definition) is 1. The van der Waals surface area contributed by atoms with Crippen LogP contribution in [0.4, 0.5) is 14.5 Å². The van der Waals surface area contributed by atoms with Gasteiger partial charge >= 0.3 is 0 Å². The number of rotatable bonds is 3. The molecule has 2 aromatic carbocycles. The molecule has 0 aliphatic heterocycles. The summed E-state index contributed by atoms with van der Waals surface area (Å²) in [5.74, 6) is -0.681. The van der Waals surface area contributed by atoms with Gasteiger partial charge in [-0.05, 0) is 31.2 Å². The van der Waals surface area contributed by atoms with E-state index < -0.39 is 5.82 Å². The van der Waals surface area contributed by atoms with Crippen molar-refractivity contribution in [3.63, 3.8) is 0 Å². The smallest absolute Gasteiger partial charge is 0.128 e. The molecule has 1 atom stereocenters. The van der Waals surface area contributed by atoms with Gasteiger partial charge in [0, 0.05) is 5.56 Å². The van der Waals surface area contributed by atoms with E-state index in [2.05, 4.69) is 5.32 Å². The average Bonchev–Trinajstić information content (AvgIpc) is 2.33. The molecular weight excluding hydrogens is 256 g/mol. The van der Waals surface area contributed by atoms with E-state index in [0.29, 0.717) is 11.3 Å². The zero-order valence-corrected chi connectivity index (χ0v) is 10.5. The van der Waals surface area contributed by atoms with Gasteiger partial charge in [0.1, 0.15) is 11.6 Å². The normalized spacial score (nSPS) is 12.2. The number of hydrogen-bond acceptors (Lipinski definition) is 1. The lowest BCUT2D eigenvalue weighted by atomic mass is 10.1. The van der Waals surface area contributed by atoms with Crippen molar-refractivity contribution < 1.29 is 8.78 Å². The van der Waals surface area contributed by atoms with E-state index in [0.717, 1.165) is 0 Å². The van der Waals surface area contributed by atoms with Crippen LogP contribution in [0.5, 0.6) is 0 Å². The van der Waals surface area contributed by atoms with Crippen LogP contribution in [0.3, 0.4) is 0 Å². The van der Waals surface area contributed by atoms with E-state index in [1.807, 2.05) is 6.92 Å². The van der Waals surface area contributed by atoms with Gasteiger partial charge in [0.2, 0.25) is 0 Å². The van der Waals surface area contributed by atoms with E-state index in [1.54, 1.807) is 18.2 Å². The SMILES string of the molecule is CC(Nc1ccc(F)cc1Cl)c1ccccc1F. The van der Waals surface area contributed by atoms with Crippen molar-refractivity contribution in [1.82, 2.24) is 0 Å². The minimum Gasteiger partial charge on any atom is -0.377 e. The van der Waals surface area contributed by atoms with Gasteiger partial charge in [0.05, 0.1) is 16.8 Å². The van der Waals surface area contributed by atoms with Gasteiger partial charge in [-0.25, -0.2) is 8.78 Å². The molecule has 0 heterocycles. The molecule has 4 heteroatoms. The second kappa shape index (κ2) is 5.36. The van der Waals surface area contributed by atoms with Crippen molar-refractivity contribution >= 4 is 17.3 Å². The van der Waals surface area contributed by atoms with Crippen molar-refractivity contribution in [2.45, 2.75) is 13.0 Å². The Morgan fingerprint density at radius 3 is 2.50 bits per heavy atom. The highest BCUT2D eigenvalue weighted by atomic mass is 35.5. The lowest BCUT2D eigenvalue weighted by Gasteiger charge is -2.17. The van der Waals surface area contributed by atoms with Gasteiger partial charge in [0.15, 0.2) is 0 Å². The molecule has 18 heavy (non-hydrogen) atoms. The molecule has 1 nitrogen and oxygen atoms in total. The summed E-state index contributed by atoms with van der Waals surface area (Å²) >= 11 is 5.90. The van der Waals surface area contributed by atoms with Crippen LogP contribution in [0.25, 0.3) is 0 Å². The van der Waals surface area contributed by atoms with E-state index in [9.17, 15) is 8.78 Å². The van der Waals surface area contributed by atoms with E-state index in [-0.39, 0.29) is 16.9 Å². The summed E-state index contributed by atoms with van der Waals surface area (Å²) in [4.78, 5) is 0. The minimum atomic E-state index is -0.399. The summed E-state index contributed by atoms with van der Waals surface area (Å²) in [5.41, 5.74) is 1.12. The Balaban J connectivity index is 2.21. The fourth-order valence-corrected chi connectivity index (χ4v) is 1.97. The third-order valence-electron chi connectivity index (χ3n) is 2.67. The van der Waals surface area contributed by atoms with Gasteiger partial charge in [-0.15, -0.1) is 0 Å². The Hall–Kier alpha value is -1.61. The van der Waals surface area contributed by atoms with E-state index >= 15 is 0 Å². The topological polar surface area (TPSA) is 12.0 Å². The fourth-order valence-electron chi connectivity index (χ4n) is 1.74. The second-order valence-corrected chi connectivity index (χ2v) is 4.42. The van der Waals surface area contributed by atoms with Crippen LogP contribution in [0.1, 0.15) is 18.5 Å². The first-order valence-electron chi connectivity index (χ1n) is 5.54. The second-order valence-electron chi connectivity index (χ2n) is 4.01. The molecule has 0 bridgehead atoms. The summed E-state index contributed by atoms with van der Waals surface area (Å²) in [6, 6.07) is 10.3. The predicted octanol–water partition coefficient (Wildman–Crippen LogP) is 4.79. The number of anilines is 1. The highest BCUT2D eigenvalue weighted by Crippen LogP contribution is 2.27. The summed E-state index contributed by atoms with van der Waals surface area (Å²) in [6.07, 6.45) is 0. The molecule has 94 valence electrons. The minimum absolute atomic E-state index is 0.255. The molecule has 0 aliphatic carbocycles. The lowest BCUT2D eigenvalue weighted by molar-refractivity contribution is 0.600. The van der Waals surface area contributed by atoms with Crippen molar-refractivity contribution in [3.05, 3.63) is 64.7 Å². The summed E-state index contributed by atoms with van der Waals surface area (Å²) in [5, 5.41) is 3.33. The van der Waals surface area contributed by atoms with Crippen LogP contribution in [0.2, 0.25) is 5.02 Å². The standard InChI is InChI=1S/C14H12ClF2N/c1-9(11-4-2-3-5-13(11)17)18-14-7-6-10(16)8-12(14)15/h2-9,18H,1H3. The first kappa shape index (κ1) is 12.8. The maximum atomic E-state index is 13.6. The number of halogens is 3. The highest BCUT2D eigenvalue weighted by molar-refractivity contribution is 6.33. The number of nitrogens with one attached hydrogen (secondary N) is 1. The largest absolute Gasteiger partial charge is 0.377 e. The molecule has 0 radical (unpaired) electrons. The highest BCUT2D eigenvalue weighted by Gasteiger charge is 2.11. The monoisotopic (exact) mass is 267 g/mol. The quantitative estimate of drug-likeness (QED) is 0.843. The molecule has 1 N–H and O–H groups in total. The van der Waals surface area contributed by atoms with Crippen LogP contribution >= 0.6 is 11.6 Å². The van der Waals surface area contributed by atoms with Crippen molar-refractivity contribution in [2.75, 3.05) is 5.32 Å². The van der Waals surface area contributed by atoms with Gasteiger partial charge in [-0.3, -0.25) is 0 Å². The number of benzene rings is 2. The zero-order chi connectivity index (χ0) is 13.1. The molecule has 0 amide bonds. The Morgan fingerprint density at radius 2 is 1.83 bits per heavy atom. The first-order chi connectivity index (χ1) is 8.58. The predicted molar refractivity (Wildman–Crippen MR) is 69.8 cm³/mol. The third-order valence-corrected chi connectivity index (χ3v) is 2.99. The fraction of sp³-hybridized carbons (Fsp3) is 0.143. The molecule has 0 aromatic heterocycles. The van der Waals surface area contributed by atoms with E-state index in [4.69, 9.17) is 11.6 Å². The maximum absolute atomic E-state index is 13.6. The summed E-state index contributed by atoms with van der Waals surface area (Å²) in [6.45, 7) is 1.82. The molecule has 0 spiro atoms. The van der Waals surface area contributed by atoms with Gasteiger partial charge in [-0.2, -0.15) is 0 Å². The summed E-state index contributed by atoms with van der Waals surface area (Å²) < 4.78 is 26.5. The van der Waals surface area contributed by atoms with Crippen LogP contribution in [0, 0.1) is 11.6 Å². The van der Waals surface area contributed by atoms with Gasteiger partial charge < -0.3 is 5.32 Å². The molecular formula is C14H12ClF2N. The van der Waals surface area contributed by atoms with Crippen molar-refractivity contribution in [1.29, 1.82) is 0 Å². The van der Waals surface area contributed by atoms with Gasteiger partial charge in [-0.1, -0.05) is 29.8 Å². The molecule has 1 unspecified atom stereocenters. The first-order valence-corrected chi connectivity index (χ1v) is 5.91. The average molecular weight is 268 g/mol. The van der Waals surface area contributed by atoms with Crippen LogP contribution in [0.15, 0.2) is 42.5 Å². The Labute approximate surface area is 109 Å². The van der Waals surface area contributed by atoms with Crippen LogP contribution < -0.4 is 5.32 Å². The lowest BCUT2D eigenvalue weighted by Crippen LogP contribution is -2.08. The van der Waals surface area contributed by atoms with E-state index in [1.165, 1.54) is 24.3 Å². The molecule has 0 saturated carbocycles.